The van der Waals surface area contributed by atoms with Crippen molar-refractivity contribution in [2.45, 2.75) is 19.3 Å². The first-order chi connectivity index (χ1) is 15.5. The molecule has 0 bridgehead atoms. The normalized spacial score (nSPS) is 11.2. The topological polar surface area (TPSA) is 72.8 Å². The molecule has 4 rings (SSSR count). The highest BCUT2D eigenvalue weighted by Crippen LogP contribution is 2.35. The molecule has 0 fully saturated rings. The van der Waals surface area contributed by atoms with Crippen LogP contribution in [-0.4, -0.2) is 19.9 Å². The Labute approximate surface area is 182 Å². The van der Waals surface area contributed by atoms with Crippen molar-refractivity contribution >= 4 is 5.95 Å². The Bertz CT molecular complexity index is 1150. The number of alkyl halides is 3. The molecule has 0 aliphatic carbocycles. The monoisotopic (exact) mass is 437 g/mol. The van der Waals surface area contributed by atoms with Gasteiger partial charge in [-0.15, -0.1) is 0 Å². The van der Waals surface area contributed by atoms with Gasteiger partial charge in [-0.05, 0) is 17.7 Å². The summed E-state index contributed by atoms with van der Waals surface area (Å²) >= 11 is 0. The van der Waals surface area contributed by atoms with Crippen LogP contribution in [0.5, 0.6) is 5.88 Å². The smallest absolute Gasteiger partial charge is 0.423 e. The summed E-state index contributed by atoms with van der Waals surface area (Å²) in [6.45, 7) is 0.189. The van der Waals surface area contributed by atoms with E-state index < -0.39 is 17.6 Å². The minimum absolute atomic E-state index is 0.0131. The molecule has 162 valence electrons. The van der Waals surface area contributed by atoms with E-state index in [1.807, 2.05) is 30.3 Å². The van der Waals surface area contributed by atoms with Gasteiger partial charge in [0.15, 0.2) is 0 Å². The zero-order valence-electron chi connectivity index (χ0n) is 16.8. The quantitative estimate of drug-likeness (QED) is 0.432. The number of pyridine rings is 2. The van der Waals surface area contributed by atoms with Gasteiger partial charge in [0.1, 0.15) is 12.2 Å². The van der Waals surface area contributed by atoms with E-state index in [4.69, 9.17) is 4.74 Å². The lowest BCUT2D eigenvalue weighted by Crippen LogP contribution is -2.13. The number of hydrogen-bond donors (Lipinski definition) is 1. The van der Waals surface area contributed by atoms with Gasteiger partial charge >= 0.3 is 6.18 Å². The van der Waals surface area contributed by atoms with Gasteiger partial charge in [0, 0.05) is 35.9 Å². The number of nitrogens with one attached hydrogen (secondary N) is 1. The van der Waals surface area contributed by atoms with E-state index in [1.165, 1.54) is 0 Å². The number of nitrogens with zero attached hydrogens (tertiary/aromatic N) is 4. The average molecular weight is 437 g/mol. The molecule has 3 heterocycles. The van der Waals surface area contributed by atoms with Gasteiger partial charge in [-0.25, -0.2) is 4.98 Å². The van der Waals surface area contributed by atoms with Crippen LogP contribution < -0.4 is 10.1 Å². The first-order valence-corrected chi connectivity index (χ1v) is 9.69. The van der Waals surface area contributed by atoms with Crippen molar-refractivity contribution in [2.75, 3.05) is 5.32 Å². The van der Waals surface area contributed by atoms with Crippen LogP contribution in [0.15, 0.2) is 79.4 Å². The zero-order chi connectivity index (χ0) is 22.4. The Morgan fingerprint density at radius 1 is 0.844 bits per heavy atom. The Morgan fingerprint density at radius 3 is 2.34 bits per heavy atom. The van der Waals surface area contributed by atoms with Crippen molar-refractivity contribution in [1.29, 1.82) is 0 Å². The lowest BCUT2D eigenvalue weighted by molar-refractivity contribution is -0.139. The number of aromatic nitrogens is 4. The largest absolute Gasteiger partial charge is 0.472 e. The molecule has 9 heteroatoms. The predicted octanol–water partition coefficient (Wildman–Crippen LogP) is 5.14. The molecule has 0 unspecified atom stereocenters. The standard InChI is InChI=1S/C23H18F3N5O/c24-23(25,26)20-14-30-22(31-21(20)32-15-16-5-2-1-3-6-16)29-13-19-9-8-18(12-28-19)17-7-4-10-27-11-17/h1-12,14H,13,15H2,(H,29,30,31). The van der Waals surface area contributed by atoms with Crippen LogP contribution in [0.25, 0.3) is 11.1 Å². The molecule has 0 saturated carbocycles. The first-order valence-electron chi connectivity index (χ1n) is 9.69. The maximum atomic E-state index is 13.3. The Balaban J connectivity index is 1.46. The van der Waals surface area contributed by atoms with E-state index in [0.29, 0.717) is 11.9 Å². The molecule has 0 saturated heterocycles. The lowest BCUT2D eigenvalue weighted by atomic mass is 10.1. The number of ether oxygens (including phenoxy) is 1. The second-order valence-corrected chi connectivity index (χ2v) is 6.82. The second kappa shape index (κ2) is 9.42. The maximum Gasteiger partial charge on any atom is 0.423 e. The molecule has 32 heavy (non-hydrogen) atoms. The van der Waals surface area contributed by atoms with Gasteiger partial charge in [0.2, 0.25) is 11.8 Å². The highest BCUT2D eigenvalue weighted by molar-refractivity contribution is 5.61. The van der Waals surface area contributed by atoms with Crippen molar-refractivity contribution in [3.63, 3.8) is 0 Å². The highest BCUT2D eigenvalue weighted by atomic mass is 19.4. The fraction of sp³-hybridized carbons (Fsp3) is 0.130. The Hall–Kier alpha value is -4.01. The van der Waals surface area contributed by atoms with Crippen LogP contribution >= 0.6 is 0 Å². The number of hydrogen-bond acceptors (Lipinski definition) is 6. The van der Waals surface area contributed by atoms with Gasteiger partial charge in [-0.1, -0.05) is 42.5 Å². The van der Waals surface area contributed by atoms with E-state index in [1.54, 1.807) is 42.9 Å². The summed E-state index contributed by atoms with van der Waals surface area (Å²) in [6, 6.07) is 16.4. The third-order valence-corrected chi connectivity index (χ3v) is 4.52. The maximum absolute atomic E-state index is 13.3. The number of benzene rings is 1. The van der Waals surface area contributed by atoms with E-state index in [9.17, 15) is 13.2 Å². The van der Waals surface area contributed by atoms with Crippen LogP contribution in [0, 0.1) is 0 Å². The summed E-state index contributed by atoms with van der Waals surface area (Å²) in [4.78, 5) is 16.2. The summed E-state index contributed by atoms with van der Waals surface area (Å²) in [5.74, 6) is -0.516. The molecule has 1 N–H and O–H groups in total. The fourth-order valence-corrected chi connectivity index (χ4v) is 2.88. The minimum Gasteiger partial charge on any atom is -0.472 e. The van der Waals surface area contributed by atoms with E-state index in [2.05, 4.69) is 25.3 Å². The molecule has 0 aliphatic rings. The molecule has 3 aromatic heterocycles. The SMILES string of the molecule is FC(F)(F)c1cnc(NCc2ccc(-c3cccnc3)cn2)nc1OCc1ccccc1. The molecule has 1 aromatic carbocycles. The molecule has 0 aliphatic heterocycles. The third kappa shape index (κ3) is 5.37. The van der Waals surface area contributed by atoms with Crippen LogP contribution in [-0.2, 0) is 19.3 Å². The summed E-state index contributed by atoms with van der Waals surface area (Å²) in [6.07, 6.45) is 1.22. The highest BCUT2D eigenvalue weighted by Gasteiger charge is 2.36. The number of anilines is 1. The van der Waals surface area contributed by atoms with Gasteiger partial charge in [0.25, 0.3) is 0 Å². The van der Waals surface area contributed by atoms with E-state index in [-0.39, 0.29) is 19.1 Å². The minimum atomic E-state index is -4.63. The second-order valence-electron chi connectivity index (χ2n) is 6.82. The van der Waals surface area contributed by atoms with Crippen LogP contribution in [0.4, 0.5) is 19.1 Å². The predicted molar refractivity (Wildman–Crippen MR) is 113 cm³/mol. The molecule has 4 aromatic rings. The van der Waals surface area contributed by atoms with Crippen LogP contribution in [0.2, 0.25) is 0 Å². The molecule has 0 spiro atoms. The van der Waals surface area contributed by atoms with Gasteiger partial charge in [0.05, 0.1) is 12.2 Å². The van der Waals surface area contributed by atoms with Crippen molar-refractivity contribution in [1.82, 2.24) is 19.9 Å². The summed E-state index contributed by atoms with van der Waals surface area (Å²) < 4.78 is 45.4. The summed E-state index contributed by atoms with van der Waals surface area (Å²) in [7, 11) is 0. The van der Waals surface area contributed by atoms with Gasteiger partial charge in [-0.3, -0.25) is 9.97 Å². The fourth-order valence-electron chi connectivity index (χ4n) is 2.88. The van der Waals surface area contributed by atoms with Crippen molar-refractivity contribution in [2.24, 2.45) is 0 Å². The zero-order valence-corrected chi connectivity index (χ0v) is 16.8. The number of rotatable bonds is 7. The molecular weight excluding hydrogens is 419 g/mol. The molecule has 0 radical (unpaired) electrons. The van der Waals surface area contributed by atoms with Crippen molar-refractivity contribution < 1.29 is 17.9 Å². The Kier molecular flexibility index (Phi) is 6.25. The molecule has 0 atom stereocenters. The Morgan fingerprint density at radius 2 is 1.66 bits per heavy atom. The van der Waals surface area contributed by atoms with E-state index in [0.717, 1.165) is 16.7 Å². The van der Waals surface area contributed by atoms with Gasteiger partial charge in [-0.2, -0.15) is 18.2 Å². The number of halogens is 3. The third-order valence-electron chi connectivity index (χ3n) is 4.52. The van der Waals surface area contributed by atoms with Crippen LogP contribution in [0.1, 0.15) is 16.8 Å². The molecular formula is C23H18F3N5O. The van der Waals surface area contributed by atoms with Crippen molar-refractivity contribution in [3.05, 3.63) is 96.2 Å². The average Bonchev–Trinajstić information content (AvgIpc) is 2.82. The van der Waals surface area contributed by atoms with E-state index >= 15 is 0 Å². The first kappa shape index (κ1) is 21.2. The molecule has 0 amide bonds. The lowest BCUT2D eigenvalue weighted by Gasteiger charge is -2.14. The summed E-state index contributed by atoms with van der Waals surface area (Å²) in [5, 5.41) is 2.89. The van der Waals surface area contributed by atoms with Crippen molar-refractivity contribution in [3.8, 4) is 17.0 Å². The van der Waals surface area contributed by atoms with Crippen LogP contribution in [0.3, 0.4) is 0 Å². The summed E-state index contributed by atoms with van der Waals surface area (Å²) in [5.41, 5.74) is 2.22. The van der Waals surface area contributed by atoms with Gasteiger partial charge < -0.3 is 10.1 Å². The molecule has 6 nitrogen and oxygen atoms in total.